The van der Waals surface area contributed by atoms with Crippen LogP contribution >= 0.6 is 0 Å². The Labute approximate surface area is 185 Å². The highest BCUT2D eigenvalue weighted by atomic mass is 19.4. The molecule has 33 heavy (non-hydrogen) atoms. The number of nitrogens with zero attached hydrogens (tertiary/aromatic N) is 2. The monoisotopic (exact) mass is 461 g/mol. The molecule has 0 fully saturated rings. The van der Waals surface area contributed by atoms with Gasteiger partial charge in [-0.25, -0.2) is 9.78 Å². The smallest absolute Gasteiger partial charge is 0.491 e. The van der Waals surface area contributed by atoms with Crippen molar-refractivity contribution in [2.75, 3.05) is 21.3 Å². The van der Waals surface area contributed by atoms with E-state index in [1.54, 1.807) is 12.1 Å². The number of aromatic nitrogens is 3. The molecule has 0 bridgehead atoms. The lowest BCUT2D eigenvalue weighted by Gasteiger charge is -2.15. The van der Waals surface area contributed by atoms with Crippen LogP contribution < -0.4 is 18.9 Å². The number of aryl methyl sites for hydroxylation is 1. The van der Waals surface area contributed by atoms with Gasteiger partial charge < -0.3 is 18.9 Å². The molecule has 2 aromatic carbocycles. The topological polar surface area (TPSA) is 95.6 Å². The predicted molar refractivity (Wildman–Crippen MR) is 113 cm³/mol. The Bertz CT molecular complexity index is 1380. The van der Waals surface area contributed by atoms with Crippen molar-refractivity contribution in [3.8, 4) is 34.3 Å². The standard InChI is InChI=1S/C22H18F3N3O5/c1-10-18-12-8-16(31-3)17(32-4)9-13(12)19(26-20(18)28-27-10)11-5-6-14(15(7-11)30-2)33-21(29)22(23,24)25/h5-9H,1-4H3,(H,26,27,28). The maximum Gasteiger partial charge on any atom is 0.491 e. The van der Waals surface area contributed by atoms with Crippen LogP contribution in [-0.2, 0) is 4.79 Å². The second-order valence-corrected chi connectivity index (χ2v) is 7.01. The minimum Gasteiger partial charge on any atom is -0.493 e. The van der Waals surface area contributed by atoms with E-state index in [0.29, 0.717) is 33.8 Å². The second-order valence-electron chi connectivity index (χ2n) is 7.01. The number of esters is 1. The average molecular weight is 461 g/mol. The summed E-state index contributed by atoms with van der Waals surface area (Å²) in [4.78, 5) is 15.9. The molecule has 0 saturated heterocycles. The molecule has 0 atom stereocenters. The Hall–Kier alpha value is -4.02. The van der Waals surface area contributed by atoms with Gasteiger partial charge in [0.05, 0.1) is 27.0 Å². The van der Waals surface area contributed by atoms with Crippen LogP contribution in [0.4, 0.5) is 13.2 Å². The van der Waals surface area contributed by atoms with Crippen LogP contribution in [0.5, 0.6) is 23.0 Å². The lowest BCUT2D eigenvalue weighted by atomic mass is 10.00. The molecule has 2 aromatic heterocycles. The fourth-order valence-corrected chi connectivity index (χ4v) is 3.54. The Morgan fingerprint density at radius 3 is 2.12 bits per heavy atom. The molecule has 2 heterocycles. The van der Waals surface area contributed by atoms with E-state index in [-0.39, 0.29) is 11.5 Å². The Balaban J connectivity index is 1.94. The zero-order chi connectivity index (χ0) is 23.9. The van der Waals surface area contributed by atoms with Crippen LogP contribution in [0.2, 0.25) is 0 Å². The van der Waals surface area contributed by atoms with Gasteiger partial charge in [-0.1, -0.05) is 0 Å². The van der Waals surface area contributed by atoms with Gasteiger partial charge in [-0.3, -0.25) is 5.10 Å². The molecule has 1 N–H and O–H groups in total. The van der Waals surface area contributed by atoms with Gasteiger partial charge in [0.1, 0.15) is 0 Å². The quantitative estimate of drug-likeness (QED) is 0.343. The summed E-state index contributed by atoms with van der Waals surface area (Å²) >= 11 is 0. The highest BCUT2D eigenvalue weighted by Crippen LogP contribution is 2.41. The number of H-pyrrole nitrogens is 1. The largest absolute Gasteiger partial charge is 0.493 e. The number of ether oxygens (including phenoxy) is 4. The number of methoxy groups -OCH3 is 3. The second kappa shape index (κ2) is 8.15. The van der Waals surface area contributed by atoms with Gasteiger partial charge >= 0.3 is 12.1 Å². The van der Waals surface area contributed by atoms with E-state index in [9.17, 15) is 18.0 Å². The van der Waals surface area contributed by atoms with Crippen LogP contribution in [0.1, 0.15) is 5.69 Å². The summed E-state index contributed by atoms with van der Waals surface area (Å²) in [6.07, 6.45) is -5.14. The van der Waals surface area contributed by atoms with E-state index in [4.69, 9.17) is 14.2 Å². The average Bonchev–Trinajstić information content (AvgIpc) is 3.17. The Kier molecular flexibility index (Phi) is 5.48. The molecule has 0 amide bonds. The van der Waals surface area contributed by atoms with Crippen molar-refractivity contribution in [1.82, 2.24) is 15.2 Å². The maximum absolute atomic E-state index is 12.6. The molecule has 0 unspecified atom stereocenters. The van der Waals surface area contributed by atoms with Gasteiger partial charge in [0.15, 0.2) is 28.6 Å². The van der Waals surface area contributed by atoms with Crippen molar-refractivity contribution >= 4 is 27.8 Å². The molecule has 0 aliphatic rings. The van der Waals surface area contributed by atoms with Crippen molar-refractivity contribution in [3.05, 3.63) is 36.0 Å². The highest BCUT2D eigenvalue weighted by molar-refractivity contribution is 6.12. The predicted octanol–water partition coefficient (Wildman–Crippen LogP) is 4.58. The van der Waals surface area contributed by atoms with E-state index in [1.807, 2.05) is 6.92 Å². The van der Waals surface area contributed by atoms with Crippen LogP contribution in [0, 0.1) is 6.92 Å². The van der Waals surface area contributed by atoms with Crippen molar-refractivity contribution < 1.29 is 36.9 Å². The van der Waals surface area contributed by atoms with Crippen molar-refractivity contribution in [2.24, 2.45) is 0 Å². The van der Waals surface area contributed by atoms with E-state index in [1.165, 1.54) is 39.5 Å². The van der Waals surface area contributed by atoms with E-state index >= 15 is 0 Å². The van der Waals surface area contributed by atoms with Gasteiger partial charge in [0, 0.05) is 27.4 Å². The molecule has 0 spiro atoms. The maximum atomic E-state index is 12.6. The van der Waals surface area contributed by atoms with Crippen LogP contribution in [-0.4, -0.2) is 48.7 Å². The number of aromatic amines is 1. The van der Waals surface area contributed by atoms with Crippen LogP contribution in [0.25, 0.3) is 33.1 Å². The van der Waals surface area contributed by atoms with Gasteiger partial charge in [-0.2, -0.15) is 18.3 Å². The molecule has 11 heteroatoms. The molecule has 4 rings (SSSR count). The minimum atomic E-state index is -5.14. The number of hydrogen-bond acceptors (Lipinski definition) is 7. The van der Waals surface area contributed by atoms with Gasteiger partial charge in [-0.15, -0.1) is 0 Å². The van der Waals surface area contributed by atoms with Crippen LogP contribution in [0.15, 0.2) is 30.3 Å². The summed E-state index contributed by atoms with van der Waals surface area (Å²) in [6, 6.07) is 7.69. The summed E-state index contributed by atoms with van der Waals surface area (Å²) in [5.74, 6) is -1.81. The van der Waals surface area contributed by atoms with E-state index in [0.717, 1.165) is 16.5 Å². The first-order valence-corrected chi connectivity index (χ1v) is 9.55. The number of hydrogen-bond donors (Lipinski definition) is 1. The van der Waals surface area contributed by atoms with Crippen molar-refractivity contribution in [2.45, 2.75) is 13.1 Å². The molecular weight excluding hydrogens is 443 g/mol. The number of benzene rings is 2. The third-order valence-corrected chi connectivity index (χ3v) is 5.07. The molecule has 0 radical (unpaired) electrons. The van der Waals surface area contributed by atoms with E-state index in [2.05, 4.69) is 19.9 Å². The zero-order valence-corrected chi connectivity index (χ0v) is 18.0. The molecular formula is C22H18F3N3O5. The number of pyridine rings is 1. The lowest BCUT2D eigenvalue weighted by molar-refractivity contribution is -0.189. The van der Waals surface area contributed by atoms with E-state index < -0.39 is 12.1 Å². The zero-order valence-electron chi connectivity index (χ0n) is 18.0. The third-order valence-electron chi connectivity index (χ3n) is 5.07. The van der Waals surface area contributed by atoms with Gasteiger partial charge in [0.2, 0.25) is 0 Å². The molecule has 4 aromatic rings. The first kappa shape index (κ1) is 22.2. The number of nitrogens with one attached hydrogen (secondary N) is 1. The van der Waals surface area contributed by atoms with Gasteiger partial charge in [0.25, 0.3) is 0 Å². The minimum absolute atomic E-state index is 0.0705. The first-order valence-electron chi connectivity index (χ1n) is 9.55. The Morgan fingerprint density at radius 1 is 0.909 bits per heavy atom. The lowest BCUT2D eigenvalue weighted by Crippen LogP contribution is -2.28. The molecule has 0 saturated carbocycles. The molecule has 0 aliphatic heterocycles. The summed E-state index contributed by atoms with van der Waals surface area (Å²) in [5, 5.41) is 9.41. The van der Waals surface area contributed by atoms with Crippen molar-refractivity contribution in [1.29, 1.82) is 0 Å². The summed E-state index contributed by atoms with van der Waals surface area (Å²) in [7, 11) is 4.28. The number of carbonyl (C=O) groups excluding carboxylic acids is 1. The number of carbonyl (C=O) groups is 1. The molecule has 172 valence electrons. The Morgan fingerprint density at radius 2 is 1.52 bits per heavy atom. The van der Waals surface area contributed by atoms with Crippen molar-refractivity contribution in [3.63, 3.8) is 0 Å². The molecule has 8 nitrogen and oxygen atoms in total. The number of rotatable bonds is 5. The molecule has 0 aliphatic carbocycles. The number of halogens is 3. The van der Waals surface area contributed by atoms with Crippen LogP contribution in [0.3, 0.4) is 0 Å². The van der Waals surface area contributed by atoms with Gasteiger partial charge in [-0.05, 0) is 37.3 Å². The SMILES string of the molecule is COc1cc2c(-c3ccc(OC(=O)C(F)(F)F)c(OC)c3)nc3n[nH]c(C)c3c2cc1OC. The number of fused-ring (bicyclic) bond motifs is 3. The number of alkyl halides is 3. The first-order chi connectivity index (χ1) is 15.7. The summed E-state index contributed by atoms with van der Waals surface area (Å²) in [6.45, 7) is 1.86. The summed E-state index contributed by atoms with van der Waals surface area (Å²) < 4.78 is 58.3. The fourth-order valence-electron chi connectivity index (χ4n) is 3.54. The normalized spacial score (nSPS) is 11.6. The fraction of sp³-hybridized carbons (Fsp3) is 0.227. The third kappa shape index (κ3) is 3.86. The highest BCUT2D eigenvalue weighted by Gasteiger charge is 2.41. The summed E-state index contributed by atoms with van der Waals surface area (Å²) in [5.41, 5.74) is 2.21.